The van der Waals surface area contributed by atoms with Crippen LogP contribution in [-0.2, 0) is 0 Å². The Kier molecular flexibility index (Phi) is 4.53. The second-order valence-corrected chi connectivity index (χ2v) is 9.10. The molecule has 0 radical (unpaired) electrons. The molecule has 2 heterocycles. The molecule has 7 aromatic rings. The third kappa shape index (κ3) is 3.32. The first-order valence-corrected chi connectivity index (χ1v) is 11.9. The summed E-state index contributed by atoms with van der Waals surface area (Å²) in [6.07, 6.45) is 0. The average molecular weight is 482 g/mol. The maximum Gasteiger partial charge on any atom is 0.344 e. The molecule has 0 aliphatic rings. The molecule has 0 unspecified atom stereocenters. The predicted octanol–water partition coefficient (Wildman–Crippen LogP) is 7.12. The van der Waals surface area contributed by atoms with Gasteiger partial charge < -0.3 is 14.6 Å². The number of nitrogen functional groups attached to an aromatic ring is 1. The highest BCUT2D eigenvalue weighted by Gasteiger charge is 2.16. The first-order valence-electron chi connectivity index (χ1n) is 11.9. The van der Waals surface area contributed by atoms with E-state index in [-0.39, 0.29) is 0 Å². The highest BCUT2D eigenvalue weighted by Crippen LogP contribution is 2.35. The number of benzene rings is 5. The Balaban J connectivity index is 1.47. The molecular weight excluding hydrogens is 462 g/mol. The zero-order chi connectivity index (χ0) is 25.1. The van der Waals surface area contributed by atoms with Crippen LogP contribution in [-0.4, -0.2) is 0 Å². The van der Waals surface area contributed by atoms with Crippen LogP contribution in [0.2, 0.25) is 0 Å². The van der Waals surface area contributed by atoms with Crippen molar-refractivity contribution in [3.8, 4) is 22.3 Å². The smallest absolute Gasteiger partial charge is 0.344 e. The predicted molar refractivity (Wildman–Crippen MR) is 149 cm³/mol. The van der Waals surface area contributed by atoms with E-state index >= 15 is 0 Å². The molecule has 0 saturated carbocycles. The topological polar surface area (TPSA) is 86.4 Å². The van der Waals surface area contributed by atoms with Crippen molar-refractivity contribution in [2.45, 2.75) is 0 Å². The number of rotatable bonds is 2. The molecule has 0 aliphatic heterocycles. The van der Waals surface area contributed by atoms with Crippen LogP contribution in [0.5, 0.6) is 0 Å². The molecule has 7 rings (SSSR count). The van der Waals surface area contributed by atoms with Crippen LogP contribution < -0.4 is 17.0 Å². The van der Waals surface area contributed by atoms with E-state index in [1.807, 2.05) is 91.0 Å². The molecule has 0 saturated heterocycles. The van der Waals surface area contributed by atoms with Crippen LogP contribution in [0, 0.1) is 0 Å². The van der Waals surface area contributed by atoms with Crippen molar-refractivity contribution >= 4 is 49.2 Å². The fraction of sp³-hybridized carbons (Fsp3) is 0. The standard InChI is InChI=1S/C32H19NO4/c33-21-14-13-19-15-27(31(34)36-29(19)17-21)25-9-3-8-24-23(25)7-4-10-26(24)28-16-20-12-11-18-5-1-2-6-22(18)30(20)37-32(28)35/h1-17H,33H2. The van der Waals surface area contributed by atoms with Gasteiger partial charge in [-0.05, 0) is 51.6 Å². The van der Waals surface area contributed by atoms with Crippen molar-refractivity contribution in [2.75, 3.05) is 5.73 Å². The van der Waals surface area contributed by atoms with Gasteiger partial charge in [0, 0.05) is 27.9 Å². The molecule has 0 amide bonds. The van der Waals surface area contributed by atoms with Gasteiger partial charge in [0.15, 0.2) is 0 Å². The largest absolute Gasteiger partial charge is 0.422 e. The summed E-state index contributed by atoms with van der Waals surface area (Å²) in [6, 6.07) is 32.2. The highest BCUT2D eigenvalue weighted by molar-refractivity contribution is 6.07. The van der Waals surface area contributed by atoms with Crippen molar-refractivity contribution in [3.05, 3.63) is 124 Å². The number of fused-ring (bicyclic) bond motifs is 5. The highest BCUT2D eigenvalue weighted by atomic mass is 16.4. The molecule has 0 bridgehead atoms. The maximum absolute atomic E-state index is 13.3. The number of hydrogen-bond acceptors (Lipinski definition) is 5. The average Bonchev–Trinajstić information content (AvgIpc) is 2.92. The molecule has 37 heavy (non-hydrogen) atoms. The van der Waals surface area contributed by atoms with E-state index in [4.69, 9.17) is 14.6 Å². The Labute approximate surface area is 210 Å². The quantitative estimate of drug-likeness (QED) is 0.161. The van der Waals surface area contributed by atoms with Gasteiger partial charge >= 0.3 is 11.3 Å². The molecule has 5 aromatic carbocycles. The van der Waals surface area contributed by atoms with Gasteiger partial charge in [-0.25, -0.2) is 9.59 Å². The van der Waals surface area contributed by atoms with Gasteiger partial charge in [-0.2, -0.15) is 0 Å². The molecule has 2 N–H and O–H groups in total. The van der Waals surface area contributed by atoms with Gasteiger partial charge in [-0.3, -0.25) is 0 Å². The molecule has 5 nitrogen and oxygen atoms in total. The van der Waals surface area contributed by atoms with Crippen molar-refractivity contribution < 1.29 is 8.83 Å². The third-order valence-corrected chi connectivity index (χ3v) is 6.89. The van der Waals surface area contributed by atoms with E-state index in [1.54, 1.807) is 12.1 Å². The summed E-state index contributed by atoms with van der Waals surface area (Å²) in [5, 5.41) is 5.20. The fourth-order valence-corrected chi connectivity index (χ4v) is 5.13. The molecular formula is C32H19NO4. The Morgan fingerprint density at radius 3 is 1.84 bits per heavy atom. The van der Waals surface area contributed by atoms with Gasteiger partial charge in [0.05, 0.1) is 11.1 Å². The zero-order valence-electron chi connectivity index (χ0n) is 19.5. The molecule has 5 heteroatoms. The molecule has 0 atom stereocenters. The first-order chi connectivity index (χ1) is 18.1. The van der Waals surface area contributed by atoms with Crippen LogP contribution >= 0.6 is 0 Å². The molecule has 2 aromatic heterocycles. The Morgan fingerprint density at radius 2 is 1.08 bits per heavy atom. The van der Waals surface area contributed by atoms with Crippen LogP contribution in [0.25, 0.3) is 65.7 Å². The van der Waals surface area contributed by atoms with Gasteiger partial charge in [-0.1, -0.05) is 72.8 Å². The Bertz CT molecular complexity index is 2150. The van der Waals surface area contributed by atoms with E-state index in [1.165, 1.54) is 0 Å². The minimum atomic E-state index is -0.451. The van der Waals surface area contributed by atoms with E-state index in [0.29, 0.717) is 28.0 Å². The summed E-state index contributed by atoms with van der Waals surface area (Å²) < 4.78 is 11.5. The van der Waals surface area contributed by atoms with E-state index in [0.717, 1.165) is 43.4 Å². The lowest BCUT2D eigenvalue weighted by molar-refractivity contribution is 0.563. The zero-order valence-corrected chi connectivity index (χ0v) is 19.5. The SMILES string of the molecule is Nc1ccc2cc(-c3cccc4c(-c5cc6ccc7ccccc7c6oc5=O)cccc34)c(=O)oc2c1. The normalized spacial score (nSPS) is 11.6. The molecule has 0 aliphatic carbocycles. The third-order valence-electron chi connectivity index (χ3n) is 6.89. The minimum Gasteiger partial charge on any atom is -0.422 e. The summed E-state index contributed by atoms with van der Waals surface area (Å²) in [5.74, 6) is 0. The van der Waals surface area contributed by atoms with Crippen LogP contribution in [0.1, 0.15) is 0 Å². The number of nitrogens with two attached hydrogens (primary N) is 1. The van der Waals surface area contributed by atoms with E-state index < -0.39 is 11.3 Å². The monoisotopic (exact) mass is 481 g/mol. The van der Waals surface area contributed by atoms with E-state index in [2.05, 4.69) is 0 Å². The first kappa shape index (κ1) is 21.1. The van der Waals surface area contributed by atoms with Crippen LogP contribution in [0.3, 0.4) is 0 Å². The van der Waals surface area contributed by atoms with Crippen LogP contribution in [0.4, 0.5) is 5.69 Å². The molecule has 176 valence electrons. The van der Waals surface area contributed by atoms with Gasteiger partial charge in [0.1, 0.15) is 11.2 Å². The molecule has 0 spiro atoms. The Hall–Kier alpha value is -5.16. The minimum absolute atomic E-state index is 0.412. The Morgan fingerprint density at radius 1 is 0.486 bits per heavy atom. The van der Waals surface area contributed by atoms with Crippen molar-refractivity contribution in [2.24, 2.45) is 0 Å². The van der Waals surface area contributed by atoms with Gasteiger partial charge in [0.25, 0.3) is 0 Å². The lowest BCUT2D eigenvalue weighted by atomic mass is 9.93. The summed E-state index contributed by atoms with van der Waals surface area (Å²) in [7, 11) is 0. The van der Waals surface area contributed by atoms with Crippen molar-refractivity contribution in [3.63, 3.8) is 0 Å². The van der Waals surface area contributed by atoms with Gasteiger partial charge in [0.2, 0.25) is 0 Å². The lowest BCUT2D eigenvalue weighted by Crippen LogP contribution is -2.05. The van der Waals surface area contributed by atoms with Crippen LogP contribution in [0.15, 0.2) is 122 Å². The second kappa shape index (κ2) is 7.93. The van der Waals surface area contributed by atoms with Crippen molar-refractivity contribution in [1.29, 1.82) is 0 Å². The lowest BCUT2D eigenvalue weighted by Gasteiger charge is -2.11. The summed E-state index contributed by atoms with van der Waals surface area (Å²) in [4.78, 5) is 26.2. The summed E-state index contributed by atoms with van der Waals surface area (Å²) in [5.41, 5.74) is 8.89. The van der Waals surface area contributed by atoms with E-state index in [9.17, 15) is 9.59 Å². The maximum atomic E-state index is 13.3. The summed E-state index contributed by atoms with van der Waals surface area (Å²) in [6.45, 7) is 0. The van der Waals surface area contributed by atoms with Crippen molar-refractivity contribution in [1.82, 2.24) is 0 Å². The number of anilines is 1. The van der Waals surface area contributed by atoms with Gasteiger partial charge in [-0.15, -0.1) is 0 Å². The fourth-order valence-electron chi connectivity index (χ4n) is 5.13. The molecule has 0 fully saturated rings. The number of hydrogen-bond donors (Lipinski definition) is 1. The second-order valence-electron chi connectivity index (χ2n) is 9.10. The summed E-state index contributed by atoms with van der Waals surface area (Å²) >= 11 is 0.